The van der Waals surface area contributed by atoms with Gasteiger partial charge in [0.2, 0.25) is 0 Å². The molecule has 0 bridgehead atoms. The van der Waals surface area contributed by atoms with Crippen molar-refractivity contribution in [2.75, 3.05) is 18.6 Å². The Hall–Kier alpha value is -0.930. The van der Waals surface area contributed by atoms with Crippen molar-refractivity contribution < 1.29 is 4.42 Å². The third-order valence-electron chi connectivity index (χ3n) is 3.61. The van der Waals surface area contributed by atoms with Crippen molar-refractivity contribution in [2.24, 2.45) is 0 Å². The lowest BCUT2D eigenvalue weighted by Crippen LogP contribution is -2.15. The number of benzene rings is 1. The monoisotopic (exact) mass is 291 g/mol. The predicted molar refractivity (Wildman–Crippen MR) is 89.5 cm³/mol. The quantitative estimate of drug-likeness (QED) is 0.683. The fourth-order valence-corrected chi connectivity index (χ4v) is 3.01. The Balaban J connectivity index is 1.86. The lowest BCUT2D eigenvalue weighted by atomic mass is 10.1. The summed E-state index contributed by atoms with van der Waals surface area (Å²) in [6, 6.07) is 8.34. The molecule has 2 rings (SSSR count). The van der Waals surface area contributed by atoms with E-state index in [0.29, 0.717) is 0 Å². The molecule has 2 nitrogen and oxygen atoms in total. The van der Waals surface area contributed by atoms with Crippen molar-refractivity contribution in [1.82, 2.24) is 5.32 Å². The molecule has 0 saturated carbocycles. The first-order chi connectivity index (χ1) is 9.86. The van der Waals surface area contributed by atoms with Crippen LogP contribution in [0.15, 0.2) is 28.7 Å². The number of fused-ring (bicyclic) bond motifs is 1. The van der Waals surface area contributed by atoms with E-state index in [-0.39, 0.29) is 0 Å². The fourth-order valence-electron chi connectivity index (χ4n) is 2.52. The van der Waals surface area contributed by atoms with Crippen LogP contribution in [0, 0.1) is 0 Å². The minimum Gasteiger partial charge on any atom is -0.461 e. The molecule has 0 aliphatic rings. The normalized spacial score (nSPS) is 11.3. The van der Waals surface area contributed by atoms with Crippen molar-refractivity contribution in [1.29, 1.82) is 0 Å². The number of aryl methyl sites for hydroxylation is 1. The highest BCUT2D eigenvalue weighted by Gasteiger charge is 2.11. The Morgan fingerprint density at radius 1 is 1.15 bits per heavy atom. The molecular formula is C17H25NOS. The first-order valence-electron chi connectivity index (χ1n) is 7.55. The molecule has 0 aliphatic heterocycles. The van der Waals surface area contributed by atoms with Crippen LogP contribution in [-0.4, -0.2) is 18.6 Å². The lowest BCUT2D eigenvalue weighted by Gasteiger charge is -2.05. The molecule has 3 heteroatoms. The topological polar surface area (TPSA) is 25.2 Å². The van der Waals surface area contributed by atoms with E-state index in [9.17, 15) is 0 Å². The zero-order valence-corrected chi connectivity index (χ0v) is 13.4. The Labute approximate surface area is 126 Å². The Kier molecular flexibility index (Phi) is 6.48. The van der Waals surface area contributed by atoms with Gasteiger partial charge in [-0.3, -0.25) is 0 Å². The summed E-state index contributed by atoms with van der Waals surface area (Å²) < 4.78 is 5.92. The van der Waals surface area contributed by atoms with Crippen LogP contribution in [0.25, 0.3) is 11.0 Å². The van der Waals surface area contributed by atoms with E-state index in [1.165, 1.54) is 36.0 Å². The molecule has 0 spiro atoms. The van der Waals surface area contributed by atoms with Gasteiger partial charge in [0, 0.05) is 23.9 Å². The van der Waals surface area contributed by atoms with E-state index in [1.807, 2.05) is 17.8 Å². The molecule has 1 aromatic carbocycles. The Bertz CT molecular complexity index is 521. The molecule has 0 aliphatic carbocycles. The fraction of sp³-hybridized carbons (Fsp3) is 0.529. The summed E-state index contributed by atoms with van der Waals surface area (Å²) in [5, 5.41) is 4.83. The average Bonchev–Trinajstić information content (AvgIpc) is 2.84. The van der Waals surface area contributed by atoms with Gasteiger partial charge in [-0.25, -0.2) is 0 Å². The molecule has 1 heterocycles. The molecule has 0 fully saturated rings. The maximum Gasteiger partial charge on any atom is 0.134 e. The first-order valence-corrected chi connectivity index (χ1v) is 8.95. The summed E-state index contributed by atoms with van der Waals surface area (Å²) in [6.45, 7) is 4.17. The van der Waals surface area contributed by atoms with Crippen LogP contribution in [-0.2, 0) is 13.0 Å². The molecular weight excluding hydrogens is 266 g/mol. The SMILES string of the molecule is CCc1oc2ccccc2c1CNCCCCCSC. The van der Waals surface area contributed by atoms with Crippen molar-refractivity contribution in [3.8, 4) is 0 Å². The van der Waals surface area contributed by atoms with Crippen LogP contribution < -0.4 is 5.32 Å². The second-order valence-corrected chi connectivity index (χ2v) is 6.07. The maximum absolute atomic E-state index is 5.92. The molecule has 0 unspecified atom stereocenters. The number of nitrogens with one attached hydrogen (secondary N) is 1. The predicted octanol–water partition coefficient (Wildman–Crippen LogP) is 4.62. The smallest absolute Gasteiger partial charge is 0.134 e. The van der Waals surface area contributed by atoms with Gasteiger partial charge < -0.3 is 9.73 Å². The lowest BCUT2D eigenvalue weighted by molar-refractivity contribution is 0.541. The Morgan fingerprint density at radius 3 is 2.80 bits per heavy atom. The highest BCUT2D eigenvalue weighted by Crippen LogP contribution is 2.26. The van der Waals surface area contributed by atoms with E-state index in [2.05, 4.69) is 36.7 Å². The van der Waals surface area contributed by atoms with Crippen LogP contribution in [0.2, 0.25) is 0 Å². The van der Waals surface area contributed by atoms with Gasteiger partial charge in [-0.15, -0.1) is 0 Å². The summed E-state index contributed by atoms with van der Waals surface area (Å²) in [5.74, 6) is 2.41. The summed E-state index contributed by atoms with van der Waals surface area (Å²) in [4.78, 5) is 0. The summed E-state index contributed by atoms with van der Waals surface area (Å²) in [5.41, 5.74) is 2.35. The molecule has 0 radical (unpaired) electrons. The van der Waals surface area contributed by atoms with Gasteiger partial charge in [0.25, 0.3) is 0 Å². The Morgan fingerprint density at radius 2 is 2.00 bits per heavy atom. The molecule has 20 heavy (non-hydrogen) atoms. The second kappa shape index (κ2) is 8.38. The third-order valence-corrected chi connectivity index (χ3v) is 4.30. The largest absolute Gasteiger partial charge is 0.461 e. The molecule has 2 aromatic rings. The molecule has 0 amide bonds. The van der Waals surface area contributed by atoms with Crippen LogP contribution in [0.1, 0.15) is 37.5 Å². The number of thioether (sulfide) groups is 1. The van der Waals surface area contributed by atoms with E-state index >= 15 is 0 Å². The van der Waals surface area contributed by atoms with Crippen molar-refractivity contribution >= 4 is 22.7 Å². The molecule has 110 valence electrons. The van der Waals surface area contributed by atoms with Gasteiger partial charge in [-0.2, -0.15) is 11.8 Å². The van der Waals surface area contributed by atoms with E-state index in [1.54, 1.807) is 0 Å². The van der Waals surface area contributed by atoms with E-state index < -0.39 is 0 Å². The van der Waals surface area contributed by atoms with Gasteiger partial charge in [-0.05, 0) is 37.5 Å². The number of para-hydroxylation sites is 1. The van der Waals surface area contributed by atoms with E-state index in [4.69, 9.17) is 4.42 Å². The van der Waals surface area contributed by atoms with Crippen molar-refractivity contribution in [3.63, 3.8) is 0 Å². The highest BCUT2D eigenvalue weighted by atomic mass is 32.2. The van der Waals surface area contributed by atoms with Crippen LogP contribution in [0.3, 0.4) is 0 Å². The third kappa shape index (κ3) is 4.03. The first kappa shape index (κ1) is 15.5. The second-order valence-electron chi connectivity index (χ2n) is 5.08. The molecule has 0 saturated heterocycles. The molecule has 0 atom stereocenters. The van der Waals surface area contributed by atoms with E-state index in [0.717, 1.165) is 30.9 Å². The number of rotatable bonds is 9. The van der Waals surface area contributed by atoms with Crippen LogP contribution >= 0.6 is 11.8 Å². The van der Waals surface area contributed by atoms with Gasteiger partial charge >= 0.3 is 0 Å². The van der Waals surface area contributed by atoms with Crippen LogP contribution in [0.4, 0.5) is 0 Å². The minimum atomic E-state index is 0.919. The van der Waals surface area contributed by atoms with Crippen molar-refractivity contribution in [3.05, 3.63) is 35.6 Å². The van der Waals surface area contributed by atoms with Crippen LogP contribution in [0.5, 0.6) is 0 Å². The standard InChI is InChI=1S/C17H25NOS/c1-3-16-15(13-18-11-7-4-8-12-20-2)14-9-5-6-10-17(14)19-16/h5-6,9-10,18H,3-4,7-8,11-13H2,1-2H3. The van der Waals surface area contributed by atoms with Gasteiger partial charge in [0.05, 0.1) is 0 Å². The number of hydrogen-bond donors (Lipinski definition) is 1. The summed E-state index contributed by atoms with van der Waals surface area (Å²) in [6.07, 6.45) is 7.05. The van der Waals surface area contributed by atoms with Crippen molar-refractivity contribution in [2.45, 2.75) is 39.2 Å². The zero-order valence-electron chi connectivity index (χ0n) is 12.6. The highest BCUT2D eigenvalue weighted by molar-refractivity contribution is 7.98. The molecule has 1 N–H and O–H groups in total. The molecule has 1 aromatic heterocycles. The van der Waals surface area contributed by atoms with Gasteiger partial charge in [0.15, 0.2) is 0 Å². The number of furan rings is 1. The van der Waals surface area contributed by atoms with Gasteiger partial charge in [-0.1, -0.05) is 31.5 Å². The zero-order chi connectivity index (χ0) is 14.2. The maximum atomic E-state index is 5.92. The number of unbranched alkanes of at least 4 members (excludes halogenated alkanes) is 2. The summed E-state index contributed by atoms with van der Waals surface area (Å²) >= 11 is 1.94. The van der Waals surface area contributed by atoms with Gasteiger partial charge in [0.1, 0.15) is 11.3 Å². The minimum absolute atomic E-state index is 0.919. The average molecular weight is 291 g/mol. The summed E-state index contributed by atoms with van der Waals surface area (Å²) in [7, 11) is 0. The number of hydrogen-bond acceptors (Lipinski definition) is 3.